The number of unbranched alkanes of at least 4 members (excludes halogenated alkanes) is 2. The number of carbonyl (C=O) groups is 2. The SMILES string of the molecule is CONNC(=O)CCCCCNC(=O)Cc1ccc(S(C)(=O)=O)cc1. The van der Waals surface area contributed by atoms with Crippen LogP contribution in [0.5, 0.6) is 0 Å². The maximum atomic E-state index is 11.8. The summed E-state index contributed by atoms with van der Waals surface area (Å²) in [5.74, 6) is -0.266. The van der Waals surface area contributed by atoms with Crippen LogP contribution in [0.15, 0.2) is 29.2 Å². The molecule has 0 spiro atoms. The number of nitrogens with one attached hydrogen (secondary N) is 3. The first-order valence-corrected chi connectivity index (χ1v) is 9.84. The van der Waals surface area contributed by atoms with Gasteiger partial charge in [0.2, 0.25) is 11.8 Å². The fourth-order valence-electron chi connectivity index (χ4n) is 2.09. The van der Waals surface area contributed by atoms with E-state index in [1.54, 1.807) is 12.1 Å². The lowest BCUT2D eigenvalue weighted by Gasteiger charge is -2.07. The number of rotatable bonds is 11. The Morgan fingerprint density at radius 3 is 2.32 bits per heavy atom. The highest BCUT2D eigenvalue weighted by atomic mass is 32.2. The van der Waals surface area contributed by atoms with Gasteiger partial charge in [0.15, 0.2) is 9.84 Å². The third-order valence-corrected chi connectivity index (χ3v) is 4.54. The predicted molar refractivity (Wildman–Crippen MR) is 93.0 cm³/mol. The van der Waals surface area contributed by atoms with Gasteiger partial charge in [-0.05, 0) is 30.5 Å². The van der Waals surface area contributed by atoms with E-state index in [4.69, 9.17) is 0 Å². The summed E-state index contributed by atoms with van der Waals surface area (Å²) in [6, 6.07) is 6.29. The molecule has 3 N–H and O–H groups in total. The monoisotopic (exact) mass is 371 g/mol. The van der Waals surface area contributed by atoms with Crippen molar-refractivity contribution in [3.8, 4) is 0 Å². The van der Waals surface area contributed by atoms with Crippen LogP contribution < -0.4 is 16.3 Å². The Balaban J connectivity index is 2.18. The number of sulfone groups is 1. The lowest BCUT2D eigenvalue weighted by Crippen LogP contribution is -2.36. The van der Waals surface area contributed by atoms with E-state index in [-0.39, 0.29) is 23.1 Å². The fraction of sp³-hybridized carbons (Fsp3) is 0.500. The summed E-state index contributed by atoms with van der Waals surface area (Å²) in [6.07, 6.45) is 4.06. The molecule has 0 atom stereocenters. The molecule has 140 valence electrons. The Bertz CT molecular complexity index is 659. The predicted octanol–water partition coefficient (Wildman–Crippen LogP) is 0.491. The van der Waals surface area contributed by atoms with Gasteiger partial charge < -0.3 is 5.32 Å². The lowest BCUT2D eigenvalue weighted by molar-refractivity contribution is -0.126. The van der Waals surface area contributed by atoms with E-state index in [0.29, 0.717) is 13.0 Å². The van der Waals surface area contributed by atoms with Crippen molar-refractivity contribution in [2.45, 2.75) is 37.0 Å². The van der Waals surface area contributed by atoms with Gasteiger partial charge in [-0.15, -0.1) is 5.59 Å². The van der Waals surface area contributed by atoms with Crippen LogP contribution in [0, 0.1) is 0 Å². The van der Waals surface area contributed by atoms with Crippen molar-refractivity contribution in [2.24, 2.45) is 0 Å². The molecule has 1 aromatic carbocycles. The molecule has 0 aromatic heterocycles. The van der Waals surface area contributed by atoms with E-state index >= 15 is 0 Å². The van der Waals surface area contributed by atoms with Crippen LogP contribution in [0.1, 0.15) is 31.2 Å². The van der Waals surface area contributed by atoms with Gasteiger partial charge in [0.25, 0.3) is 0 Å². The van der Waals surface area contributed by atoms with E-state index in [9.17, 15) is 18.0 Å². The van der Waals surface area contributed by atoms with Crippen LogP contribution in [0.4, 0.5) is 0 Å². The van der Waals surface area contributed by atoms with Gasteiger partial charge in [-0.3, -0.25) is 19.9 Å². The molecule has 0 heterocycles. The molecule has 0 saturated heterocycles. The number of benzene rings is 1. The molecular weight excluding hydrogens is 346 g/mol. The standard InChI is InChI=1S/C16H25N3O5S/c1-24-19-18-15(20)6-4-3-5-11-17-16(21)12-13-7-9-14(10-8-13)25(2,22)23/h7-10,19H,3-6,11-12H2,1-2H3,(H,17,21)(H,18,20). The topological polar surface area (TPSA) is 114 Å². The highest BCUT2D eigenvalue weighted by Gasteiger charge is 2.08. The van der Waals surface area contributed by atoms with E-state index in [1.807, 2.05) is 0 Å². The second-order valence-corrected chi connectivity index (χ2v) is 7.62. The highest BCUT2D eigenvalue weighted by Crippen LogP contribution is 2.10. The van der Waals surface area contributed by atoms with Gasteiger partial charge in [-0.25, -0.2) is 8.42 Å². The molecule has 1 rings (SSSR count). The maximum Gasteiger partial charge on any atom is 0.235 e. The smallest absolute Gasteiger partial charge is 0.235 e. The van der Waals surface area contributed by atoms with Gasteiger partial charge in [0.05, 0.1) is 18.4 Å². The average Bonchev–Trinajstić information content (AvgIpc) is 2.55. The lowest BCUT2D eigenvalue weighted by atomic mass is 10.1. The van der Waals surface area contributed by atoms with Gasteiger partial charge >= 0.3 is 0 Å². The number of hydrogen-bond acceptors (Lipinski definition) is 6. The van der Waals surface area contributed by atoms with Crippen LogP contribution in [-0.4, -0.2) is 40.1 Å². The Hall–Kier alpha value is -1.97. The van der Waals surface area contributed by atoms with E-state index in [2.05, 4.69) is 21.2 Å². The third kappa shape index (κ3) is 9.18. The number of hydrazine groups is 1. The molecule has 0 unspecified atom stereocenters. The van der Waals surface area contributed by atoms with Crippen molar-refractivity contribution in [3.05, 3.63) is 29.8 Å². The highest BCUT2D eigenvalue weighted by molar-refractivity contribution is 7.90. The van der Waals surface area contributed by atoms with Gasteiger partial charge in [-0.1, -0.05) is 18.6 Å². The molecule has 0 fully saturated rings. The summed E-state index contributed by atoms with van der Waals surface area (Å²) in [4.78, 5) is 27.8. The Morgan fingerprint density at radius 2 is 1.72 bits per heavy atom. The molecule has 0 bridgehead atoms. The summed E-state index contributed by atoms with van der Waals surface area (Å²) in [5.41, 5.74) is 5.38. The molecule has 0 aliphatic heterocycles. The molecule has 2 amide bonds. The number of amides is 2. The fourth-order valence-corrected chi connectivity index (χ4v) is 2.72. The van der Waals surface area contributed by atoms with Crippen molar-refractivity contribution in [1.82, 2.24) is 16.3 Å². The summed E-state index contributed by atoms with van der Waals surface area (Å²) < 4.78 is 22.7. The summed E-state index contributed by atoms with van der Waals surface area (Å²) >= 11 is 0. The van der Waals surface area contributed by atoms with Gasteiger partial charge in [-0.2, -0.15) is 0 Å². The van der Waals surface area contributed by atoms with Crippen LogP contribution >= 0.6 is 0 Å². The quantitative estimate of drug-likeness (QED) is 0.385. The summed E-state index contributed by atoms with van der Waals surface area (Å²) in [5, 5.41) is 2.81. The van der Waals surface area contributed by atoms with Crippen molar-refractivity contribution < 1.29 is 22.8 Å². The minimum absolute atomic E-state index is 0.117. The molecular formula is C16H25N3O5S. The minimum atomic E-state index is -3.22. The third-order valence-electron chi connectivity index (χ3n) is 3.41. The number of hydrogen-bond donors (Lipinski definition) is 3. The zero-order valence-electron chi connectivity index (χ0n) is 14.5. The second-order valence-electron chi connectivity index (χ2n) is 5.61. The van der Waals surface area contributed by atoms with Crippen LogP contribution in [0.2, 0.25) is 0 Å². The van der Waals surface area contributed by atoms with Gasteiger partial charge in [0.1, 0.15) is 0 Å². The molecule has 25 heavy (non-hydrogen) atoms. The first-order valence-electron chi connectivity index (χ1n) is 7.95. The first kappa shape index (κ1) is 21.1. The van der Waals surface area contributed by atoms with Crippen LogP contribution in [0.3, 0.4) is 0 Å². The van der Waals surface area contributed by atoms with Crippen molar-refractivity contribution in [1.29, 1.82) is 0 Å². The maximum absolute atomic E-state index is 11.8. The largest absolute Gasteiger partial charge is 0.356 e. The van der Waals surface area contributed by atoms with Crippen LogP contribution in [-0.2, 0) is 30.7 Å². The Labute approximate surface area is 148 Å². The van der Waals surface area contributed by atoms with Crippen molar-refractivity contribution >= 4 is 21.7 Å². The van der Waals surface area contributed by atoms with E-state index < -0.39 is 9.84 Å². The molecule has 0 saturated carbocycles. The molecule has 0 aliphatic carbocycles. The Kier molecular flexibility index (Phi) is 9.11. The molecule has 0 radical (unpaired) electrons. The average molecular weight is 371 g/mol. The second kappa shape index (κ2) is 10.8. The van der Waals surface area contributed by atoms with Crippen molar-refractivity contribution in [2.75, 3.05) is 19.9 Å². The first-order chi connectivity index (χ1) is 11.8. The van der Waals surface area contributed by atoms with Crippen molar-refractivity contribution in [3.63, 3.8) is 0 Å². The van der Waals surface area contributed by atoms with Crippen LogP contribution in [0.25, 0.3) is 0 Å². The molecule has 9 heteroatoms. The molecule has 8 nitrogen and oxygen atoms in total. The van der Waals surface area contributed by atoms with E-state index in [0.717, 1.165) is 31.1 Å². The summed E-state index contributed by atoms with van der Waals surface area (Å²) in [7, 11) is -1.82. The van der Waals surface area contributed by atoms with E-state index in [1.165, 1.54) is 19.2 Å². The zero-order valence-corrected chi connectivity index (χ0v) is 15.3. The zero-order chi connectivity index (χ0) is 18.7. The number of carbonyl (C=O) groups excluding carboxylic acids is 2. The summed E-state index contributed by atoms with van der Waals surface area (Å²) in [6.45, 7) is 0.540. The Morgan fingerprint density at radius 1 is 1.04 bits per heavy atom. The molecule has 1 aromatic rings. The van der Waals surface area contributed by atoms with Gasteiger partial charge in [0, 0.05) is 19.2 Å². The normalized spacial score (nSPS) is 11.1. The minimum Gasteiger partial charge on any atom is -0.356 e. The molecule has 0 aliphatic rings.